The van der Waals surface area contributed by atoms with Crippen LogP contribution in [0, 0.1) is 5.41 Å². The van der Waals surface area contributed by atoms with Crippen LogP contribution in [-0.4, -0.2) is 19.8 Å². The van der Waals surface area contributed by atoms with E-state index < -0.39 is 0 Å². The molecule has 1 spiro atoms. The zero-order chi connectivity index (χ0) is 11.9. The summed E-state index contributed by atoms with van der Waals surface area (Å²) >= 11 is 0. The van der Waals surface area contributed by atoms with E-state index in [4.69, 9.17) is 15.2 Å². The summed E-state index contributed by atoms with van der Waals surface area (Å²) in [5.74, 6) is 2.12. The van der Waals surface area contributed by atoms with Gasteiger partial charge in [-0.2, -0.15) is 0 Å². The summed E-state index contributed by atoms with van der Waals surface area (Å²) in [5, 5.41) is 0. The zero-order valence-corrected chi connectivity index (χ0v) is 10.2. The minimum atomic E-state index is 0.304. The normalized spacial score (nSPS) is 22.0. The van der Waals surface area contributed by atoms with Crippen molar-refractivity contribution >= 4 is 0 Å². The van der Waals surface area contributed by atoms with Crippen LogP contribution in [0.3, 0.4) is 0 Å². The van der Waals surface area contributed by atoms with Gasteiger partial charge in [0.15, 0.2) is 11.5 Å². The highest BCUT2D eigenvalue weighted by atomic mass is 16.5. The maximum atomic E-state index is 5.90. The third-order valence-corrected chi connectivity index (χ3v) is 3.92. The first-order valence-electron chi connectivity index (χ1n) is 6.32. The second kappa shape index (κ2) is 3.91. The Labute approximate surface area is 102 Å². The van der Waals surface area contributed by atoms with E-state index in [1.165, 1.54) is 18.4 Å². The summed E-state index contributed by atoms with van der Waals surface area (Å²) in [6.45, 7) is 4.37. The molecule has 1 aromatic carbocycles. The van der Waals surface area contributed by atoms with Crippen LogP contribution in [0.4, 0.5) is 0 Å². The Hall–Kier alpha value is -1.22. The van der Waals surface area contributed by atoms with Gasteiger partial charge in [0.05, 0.1) is 13.2 Å². The third-order valence-electron chi connectivity index (χ3n) is 3.92. The van der Waals surface area contributed by atoms with Gasteiger partial charge in [0.25, 0.3) is 0 Å². The lowest BCUT2D eigenvalue weighted by Gasteiger charge is -2.12. The van der Waals surface area contributed by atoms with Crippen molar-refractivity contribution in [3.05, 3.63) is 23.8 Å². The smallest absolute Gasteiger partial charge is 0.161 e. The summed E-state index contributed by atoms with van der Waals surface area (Å²) in [6, 6.07) is 6.18. The van der Waals surface area contributed by atoms with Gasteiger partial charge >= 0.3 is 0 Å². The molecule has 1 unspecified atom stereocenters. The monoisotopic (exact) mass is 233 g/mol. The number of hydrogen-bond acceptors (Lipinski definition) is 3. The second-order valence-corrected chi connectivity index (χ2v) is 5.42. The molecule has 0 saturated heterocycles. The molecular weight excluding hydrogens is 214 g/mol. The van der Waals surface area contributed by atoms with Gasteiger partial charge in [-0.05, 0) is 43.0 Å². The van der Waals surface area contributed by atoms with Crippen LogP contribution in [0.5, 0.6) is 11.5 Å². The number of rotatable bonds is 2. The SMILES string of the molecule is CC(CN)c1ccc2c(c1)OCC1(CC1)CO2. The highest BCUT2D eigenvalue weighted by Crippen LogP contribution is 2.49. The molecule has 3 nitrogen and oxygen atoms in total. The molecule has 1 saturated carbocycles. The molecule has 1 atom stereocenters. The molecule has 0 amide bonds. The summed E-state index contributed by atoms with van der Waals surface area (Å²) in [7, 11) is 0. The molecule has 2 aliphatic rings. The molecule has 1 fully saturated rings. The number of nitrogens with two attached hydrogens (primary N) is 1. The first-order chi connectivity index (χ1) is 8.22. The minimum absolute atomic E-state index is 0.304. The summed E-state index contributed by atoms with van der Waals surface area (Å²) < 4.78 is 11.7. The van der Waals surface area contributed by atoms with Gasteiger partial charge in [-0.15, -0.1) is 0 Å². The van der Waals surface area contributed by atoms with E-state index in [1.807, 2.05) is 6.07 Å². The van der Waals surface area contributed by atoms with Crippen LogP contribution >= 0.6 is 0 Å². The van der Waals surface area contributed by atoms with Crippen LogP contribution in [-0.2, 0) is 0 Å². The predicted molar refractivity (Wildman–Crippen MR) is 66.6 cm³/mol. The average Bonchev–Trinajstić information content (AvgIpc) is 3.16. The summed E-state index contributed by atoms with van der Waals surface area (Å²) in [5.41, 5.74) is 7.22. The van der Waals surface area contributed by atoms with Crippen molar-refractivity contribution in [2.45, 2.75) is 25.7 Å². The van der Waals surface area contributed by atoms with Gasteiger partial charge in [0.2, 0.25) is 0 Å². The van der Waals surface area contributed by atoms with Crippen molar-refractivity contribution in [3.8, 4) is 11.5 Å². The Kier molecular flexibility index (Phi) is 2.51. The molecule has 3 heteroatoms. The lowest BCUT2D eigenvalue weighted by atomic mass is 10.0. The van der Waals surface area contributed by atoms with E-state index in [9.17, 15) is 0 Å². The molecule has 1 aromatic rings. The molecule has 92 valence electrons. The number of benzene rings is 1. The largest absolute Gasteiger partial charge is 0.489 e. The molecule has 0 bridgehead atoms. The van der Waals surface area contributed by atoms with Crippen molar-refractivity contribution in [1.82, 2.24) is 0 Å². The van der Waals surface area contributed by atoms with Crippen molar-refractivity contribution in [2.75, 3.05) is 19.8 Å². The molecule has 0 aromatic heterocycles. The summed E-state index contributed by atoms with van der Waals surface area (Å²) in [6.07, 6.45) is 2.46. The first kappa shape index (κ1) is 10.9. The van der Waals surface area contributed by atoms with E-state index in [1.54, 1.807) is 0 Å². The second-order valence-electron chi connectivity index (χ2n) is 5.42. The van der Waals surface area contributed by atoms with Gasteiger partial charge < -0.3 is 15.2 Å². The van der Waals surface area contributed by atoms with E-state index in [0.717, 1.165) is 24.7 Å². The zero-order valence-electron chi connectivity index (χ0n) is 10.2. The van der Waals surface area contributed by atoms with Gasteiger partial charge in [-0.25, -0.2) is 0 Å². The molecule has 1 aliphatic heterocycles. The highest BCUT2D eigenvalue weighted by Gasteiger charge is 2.46. The minimum Gasteiger partial charge on any atom is -0.489 e. The van der Waals surface area contributed by atoms with Crippen molar-refractivity contribution in [2.24, 2.45) is 11.1 Å². The molecule has 17 heavy (non-hydrogen) atoms. The lowest BCUT2D eigenvalue weighted by Crippen LogP contribution is -2.17. The molecule has 2 N–H and O–H groups in total. The van der Waals surface area contributed by atoms with E-state index in [2.05, 4.69) is 19.1 Å². The quantitative estimate of drug-likeness (QED) is 0.852. The van der Waals surface area contributed by atoms with E-state index in [0.29, 0.717) is 17.9 Å². The topological polar surface area (TPSA) is 44.5 Å². The standard InChI is InChI=1S/C14H19NO2/c1-10(7-15)11-2-3-12-13(6-11)17-9-14(4-5-14)8-16-12/h2-3,6,10H,4-5,7-9,15H2,1H3. The van der Waals surface area contributed by atoms with Gasteiger partial charge in [-0.3, -0.25) is 0 Å². The molecule has 3 rings (SSSR count). The number of hydrogen-bond donors (Lipinski definition) is 1. The van der Waals surface area contributed by atoms with Gasteiger partial charge in [0, 0.05) is 5.41 Å². The fraction of sp³-hybridized carbons (Fsp3) is 0.571. The fourth-order valence-electron chi connectivity index (χ4n) is 2.17. The molecule has 1 heterocycles. The van der Waals surface area contributed by atoms with Crippen molar-refractivity contribution < 1.29 is 9.47 Å². The Morgan fingerprint density at radius 1 is 1.24 bits per heavy atom. The van der Waals surface area contributed by atoms with Crippen molar-refractivity contribution in [3.63, 3.8) is 0 Å². The van der Waals surface area contributed by atoms with Crippen molar-refractivity contribution in [1.29, 1.82) is 0 Å². The summed E-state index contributed by atoms with van der Waals surface area (Å²) in [4.78, 5) is 0. The number of ether oxygens (including phenoxy) is 2. The Bertz CT molecular complexity index is 426. The van der Waals surface area contributed by atoms with Crippen LogP contribution in [0.15, 0.2) is 18.2 Å². The number of fused-ring (bicyclic) bond motifs is 1. The molecular formula is C14H19NO2. The Balaban J connectivity index is 1.86. The average molecular weight is 233 g/mol. The van der Waals surface area contributed by atoms with Gasteiger partial charge in [0.1, 0.15) is 0 Å². The lowest BCUT2D eigenvalue weighted by molar-refractivity contribution is 0.197. The third kappa shape index (κ3) is 2.00. The maximum Gasteiger partial charge on any atom is 0.161 e. The molecule has 1 aliphatic carbocycles. The van der Waals surface area contributed by atoms with Crippen LogP contribution < -0.4 is 15.2 Å². The first-order valence-corrected chi connectivity index (χ1v) is 6.32. The molecule has 0 radical (unpaired) electrons. The highest BCUT2D eigenvalue weighted by molar-refractivity contribution is 5.44. The maximum absolute atomic E-state index is 5.90. The Morgan fingerprint density at radius 3 is 2.59 bits per heavy atom. The van der Waals surface area contributed by atoms with E-state index in [-0.39, 0.29) is 0 Å². The Morgan fingerprint density at radius 2 is 1.94 bits per heavy atom. The van der Waals surface area contributed by atoms with Crippen LogP contribution in [0.2, 0.25) is 0 Å². The predicted octanol–water partition coefficient (Wildman–Crippen LogP) is 2.30. The van der Waals surface area contributed by atoms with Crippen LogP contribution in [0.25, 0.3) is 0 Å². The fourth-order valence-corrected chi connectivity index (χ4v) is 2.17. The van der Waals surface area contributed by atoms with Gasteiger partial charge in [-0.1, -0.05) is 13.0 Å². The van der Waals surface area contributed by atoms with Crippen LogP contribution in [0.1, 0.15) is 31.2 Å². The van der Waals surface area contributed by atoms with E-state index >= 15 is 0 Å².